The van der Waals surface area contributed by atoms with Gasteiger partial charge in [0.25, 0.3) is 5.69 Å². The molecule has 1 amide bonds. The molecule has 0 unspecified atom stereocenters. The zero-order chi connectivity index (χ0) is 18.6. The topological polar surface area (TPSA) is 75.5 Å². The van der Waals surface area contributed by atoms with Crippen LogP contribution in [0.2, 0.25) is 10.0 Å². The number of likely N-dealkylation sites (N-methyl/N-ethyl adjacent to an activating group) is 1. The number of benzene rings is 2. The van der Waals surface area contributed by atoms with Crippen LogP contribution in [0.4, 0.5) is 11.4 Å². The van der Waals surface area contributed by atoms with Gasteiger partial charge in [-0.2, -0.15) is 0 Å². The third-order valence-electron chi connectivity index (χ3n) is 3.56. The summed E-state index contributed by atoms with van der Waals surface area (Å²) in [6.07, 6.45) is 0. The van der Waals surface area contributed by atoms with Crippen molar-refractivity contribution in [2.75, 3.05) is 18.9 Å². The zero-order valence-corrected chi connectivity index (χ0v) is 15.3. The van der Waals surface area contributed by atoms with Crippen LogP contribution in [0.3, 0.4) is 0 Å². The summed E-state index contributed by atoms with van der Waals surface area (Å²) in [5.74, 6) is -0.258. The minimum Gasteiger partial charge on any atom is -0.324 e. The van der Waals surface area contributed by atoms with Gasteiger partial charge >= 0.3 is 0 Å². The van der Waals surface area contributed by atoms with Crippen LogP contribution in [0.25, 0.3) is 0 Å². The van der Waals surface area contributed by atoms with E-state index in [4.69, 9.17) is 23.2 Å². The Labute approximate surface area is 155 Å². The Bertz CT molecular complexity index is 812. The molecule has 0 saturated heterocycles. The van der Waals surface area contributed by atoms with E-state index < -0.39 is 4.92 Å². The summed E-state index contributed by atoms with van der Waals surface area (Å²) in [5, 5.41) is 14.5. The molecule has 0 aliphatic carbocycles. The van der Waals surface area contributed by atoms with E-state index in [2.05, 4.69) is 5.32 Å². The maximum Gasteiger partial charge on any atom is 0.271 e. The fourth-order valence-corrected chi connectivity index (χ4v) is 2.62. The number of halogens is 2. The zero-order valence-electron chi connectivity index (χ0n) is 13.8. The molecule has 2 aromatic rings. The summed E-state index contributed by atoms with van der Waals surface area (Å²) < 4.78 is 0. The maximum atomic E-state index is 12.2. The first-order valence-corrected chi connectivity index (χ1v) is 8.19. The Morgan fingerprint density at radius 2 is 1.92 bits per heavy atom. The summed E-state index contributed by atoms with van der Waals surface area (Å²) in [5.41, 5.74) is 2.05. The Morgan fingerprint density at radius 1 is 1.20 bits per heavy atom. The fourth-order valence-electron chi connectivity index (χ4n) is 2.30. The standard InChI is InChI=1S/C17H17Cl2N3O3/c1-11-3-5-13(22(24)25)8-16(11)20-17(23)10-21(2)9-12-4-6-14(18)15(19)7-12/h3-8H,9-10H2,1-2H3,(H,20,23). The van der Waals surface area contributed by atoms with Crippen molar-refractivity contribution >= 4 is 40.5 Å². The normalized spacial score (nSPS) is 10.8. The lowest BCUT2D eigenvalue weighted by molar-refractivity contribution is -0.384. The van der Waals surface area contributed by atoms with E-state index >= 15 is 0 Å². The average Bonchev–Trinajstić information content (AvgIpc) is 2.52. The van der Waals surface area contributed by atoms with Crippen molar-refractivity contribution in [2.24, 2.45) is 0 Å². The number of aryl methyl sites for hydroxylation is 1. The second-order valence-corrected chi connectivity index (χ2v) is 6.54. The Kier molecular flexibility index (Phi) is 6.36. The second-order valence-electron chi connectivity index (χ2n) is 5.73. The van der Waals surface area contributed by atoms with Crippen LogP contribution in [-0.2, 0) is 11.3 Å². The Hall–Kier alpha value is -2.15. The first-order chi connectivity index (χ1) is 11.8. The van der Waals surface area contributed by atoms with Gasteiger partial charge in [0.2, 0.25) is 5.91 Å². The summed E-state index contributed by atoms with van der Waals surface area (Å²) in [6, 6.07) is 9.66. The molecule has 0 spiro atoms. The molecule has 0 aliphatic rings. The van der Waals surface area contributed by atoms with Crippen molar-refractivity contribution in [1.82, 2.24) is 4.90 Å². The SMILES string of the molecule is Cc1ccc([N+](=O)[O-])cc1NC(=O)CN(C)Cc1ccc(Cl)c(Cl)c1. The predicted octanol–water partition coefficient (Wildman–Crippen LogP) is 4.28. The van der Waals surface area contributed by atoms with E-state index in [-0.39, 0.29) is 18.1 Å². The van der Waals surface area contributed by atoms with Crippen molar-refractivity contribution in [1.29, 1.82) is 0 Å². The first kappa shape index (κ1) is 19.2. The lowest BCUT2D eigenvalue weighted by atomic mass is 10.2. The van der Waals surface area contributed by atoms with Gasteiger partial charge in [0.05, 0.1) is 27.2 Å². The summed E-state index contributed by atoms with van der Waals surface area (Å²) in [6.45, 7) is 2.42. The monoisotopic (exact) mass is 381 g/mol. The van der Waals surface area contributed by atoms with Gasteiger partial charge in [-0.25, -0.2) is 0 Å². The van der Waals surface area contributed by atoms with Gasteiger partial charge < -0.3 is 5.32 Å². The average molecular weight is 382 g/mol. The molecule has 0 heterocycles. The number of hydrogen-bond donors (Lipinski definition) is 1. The molecule has 0 atom stereocenters. The molecule has 6 nitrogen and oxygen atoms in total. The third kappa shape index (κ3) is 5.42. The minimum absolute atomic E-state index is 0.0648. The van der Waals surface area contributed by atoms with Crippen LogP contribution in [0.15, 0.2) is 36.4 Å². The molecule has 0 radical (unpaired) electrons. The van der Waals surface area contributed by atoms with Crippen molar-refractivity contribution in [3.63, 3.8) is 0 Å². The number of carbonyl (C=O) groups excluding carboxylic acids is 1. The molecule has 0 fully saturated rings. The molecular formula is C17H17Cl2N3O3. The highest BCUT2D eigenvalue weighted by molar-refractivity contribution is 6.42. The number of nitro benzene ring substituents is 1. The fraction of sp³-hybridized carbons (Fsp3) is 0.235. The molecule has 0 aliphatic heterocycles. The van der Waals surface area contributed by atoms with Crippen LogP contribution in [0.1, 0.15) is 11.1 Å². The molecule has 0 aromatic heterocycles. The number of amides is 1. The number of carbonyl (C=O) groups is 1. The number of non-ortho nitro benzene ring substituents is 1. The summed E-state index contributed by atoms with van der Waals surface area (Å²) in [7, 11) is 1.79. The largest absolute Gasteiger partial charge is 0.324 e. The summed E-state index contributed by atoms with van der Waals surface area (Å²) in [4.78, 5) is 24.4. The van der Waals surface area contributed by atoms with Crippen LogP contribution >= 0.6 is 23.2 Å². The Balaban J connectivity index is 1.98. The number of nitrogens with zero attached hydrogens (tertiary/aromatic N) is 2. The molecular weight excluding hydrogens is 365 g/mol. The van der Waals surface area contributed by atoms with Gasteiger partial charge in [-0.05, 0) is 37.2 Å². The van der Waals surface area contributed by atoms with Gasteiger partial charge in [-0.1, -0.05) is 35.3 Å². The van der Waals surface area contributed by atoms with Gasteiger partial charge in [-0.3, -0.25) is 19.8 Å². The lowest BCUT2D eigenvalue weighted by Crippen LogP contribution is -2.30. The van der Waals surface area contributed by atoms with Crippen molar-refractivity contribution in [3.05, 3.63) is 67.7 Å². The highest BCUT2D eigenvalue weighted by Gasteiger charge is 2.13. The van der Waals surface area contributed by atoms with Gasteiger partial charge in [-0.15, -0.1) is 0 Å². The van der Waals surface area contributed by atoms with Crippen LogP contribution < -0.4 is 5.32 Å². The van der Waals surface area contributed by atoms with Gasteiger partial charge in [0.15, 0.2) is 0 Å². The molecule has 0 saturated carbocycles. The first-order valence-electron chi connectivity index (χ1n) is 7.43. The number of rotatable bonds is 6. The molecule has 2 aromatic carbocycles. The van der Waals surface area contributed by atoms with E-state index in [1.54, 1.807) is 32.2 Å². The summed E-state index contributed by atoms with van der Waals surface area (Å²) >= 11 is 11.9. The van der Waals surface area contributed by atoms with E-state index in [1.165, 1.54) is 12.1 Å². The number of nitrogens with one attached hydrogen (secondary N) is 1. The lowest BCUT2D eigenvalue weighted by Gasteiger charge is -2.17. The molecule has 0 bridgehead atoms. The van der Waals surface area contributed by atoms with E-state index in [0.29, 0.717) is 22.3 Å². The highest BCUT2D eigenvalue weighted by Crippen LogP contribution is 2.23. The maximum absolute atomic E-state index is 12.2. The third-order valence-corrected chi connectivity index (χ3v) is 4.30. The number of nitro groups is 1. The van der Waals surface area contributed by atoms with E-state index in [9.17, 15) is 14.9 Å². The van der Waals surface area contributed by atoms with Crippen molar-refractivity contribution < 1.29 is 9.72 Å². The quantitative estimate of drug-likeness (QED) is 0.598. The van der Waals surface area contributed by atoms with Crippen LogP contribution in [0.5, 0.6) is 0 Å². The second kappa shape index (κ2) is 8.29. The van der Waals surface area contributed by atoms with Crippen LogP contribution in [-0.4, -0.2) is 29.3 Å². The molecule has 25 heavy (non-hydrogen) atoms. The minimum atomic E-state index is -0.495. The smallest absolute Gasteiger partial charge is 0.271 e. The van der Waals surface area contributed by atoms with Gasteiger partial charge in [0.1, 0.15) is 0 Å². The van der Waals surface area contributed by atoms with E-state index in [0.717, 1.165) is 11.1 Å². The molecule has 8 heteroatoms. The molecule has 1 N–H and O–H groups in total. The van der Waals surface area contributed by atoms with Crippen molar-refractivity contribution in [2.45, 2.75) is 13.5 Å². The molecule has 132 valence electrons. The Morgan fingerprint density at radius 3 is 2.56 bits per heavy atom. The highest BCUT2D eigenvalue weighted by atomic mass is 35.5. The van der Waals surface area contributed by atoms with E-state index in [1.807, 2.05) is 11.0 Å². The predicted molar refractivity (Wildman–Crippen MR) is 99.3 cm³/mol. The molecule has 2 rings (SSSR count). The van der Waals surface area contributed by atoms with Gasteiger partial charge in [0, 0.05) is 18.7 Å². The van der Waals surface area contributed by atoms with Crippen LogP contribution in [0, 0.1) is 17.0 Å². The number of hydrogen-bond acceptors (Lipinski definition) is 4. The van der Waals surface area contributed by atoms with Crippen molar-refractivity contribution in [3.8, 4) is 0 Å². The number of anilines is 1.